The molecule has 0 spiro atoms. The molecule has 0 aliphatic carbocycles. The first kappa shape index (κ1) is 20.6. The first-order valence-corrected chi connectivity index (χ1v) is 11.8. The summed E-state index contributed by atoms with van der Waals surface area (Å²) in [7, 11) is 0. The fraction of sp³-hybridized carbons (Fsp3) is 0.0526. The number of halogens is 3. The van der Waals surface area contributed by atoms with E-state index < -0.39 is 0 Å². The molecule has 10 heteroatoms. The van der Waals surface area contributed by atoms with Gasteiger partial charge in [0.2, 0.25) is 0 Å². The summed E-state index contributed by atoms with van der Waals surface area (Å²) < 4.78 is 14.8. The standard InChI is InChI=1S/C19H11Cl2FN4S3/c1-27-18-25-26-19(29-18)28-17-14(7-4-10-2-5-11(22)6-3-10)23-15-8-12(20)13(21)9-16(15)24-17/h2-9H,1H3/b7-4+. The summed E-state index contributed by atoms with van der Waals surface area (Å²) in [6.07, 6.45) is 5.64. The van der Waals surface area contributed by atoms with Gasteiger partial charge >= 0.3 is 0 Å². The maximum atomic E-state index is 13.1. The molecule has 2 heterocycles. The lowest BCUT2D eigenvalue weighted by Gasteiger charge is -2.06. The van der Waals surface area contributed by atoms with Crippen molar-refractivity contribution in [1.82, 2.24) is 20.2 Å². The van der Waals surface area contributed by atoms with E-state index in [1.54, 1.807) is 24.3 Å². The maximum Gasteiger partial charge on any atom is 0.181 e. The largest absolute Gasteiger partial charge is 0.244 e. The van der Waals surface area contributed by atoms with Gasteiger partial charge in [0, 0.05) is 0 Å². The zero-order valence-electron chi connectivity index (χ0n) is 14.8. The van der Waals surface area contributed by atoms with Crippen molar-refractivity contribution in [1.29, 1.82) is 0 Å². The monoisotopic (exact) mass is 480 g/mol. The zero-order valence-corrected chi connectivity index (χ0v) is 18.7. The van der Waals surface area contributed by atoms with Crippen molar-refractivity contribution in [2.75, 3.05) is 6.26 Å². The van der Waals surface area contributed by atoms with E-state index in [1.807, 2.05) is 18.4 Å². The number of hydrogen-bond acceptors (Lipinski definition) is 7. The van der Waals surface area contributed by atoms with Gasteiger partial charge in [0.15, 0.2) is 8.68 Å². The molecule has 0 aliphatic heterocycles. The highest BCUT2D eigenvalue weighted by molar-refractivity contribution is 8.03. The van der Waals surface area contributed by atoms with Crippen molar-refractivity contribution in [3.8, 4) is 0 Å². The van der Waals surface area contributed by atoms with E-state index in [2.05, 4.69) is 10.2 Å². The first-order valence-electron chi connectivity index (χ1n) is 8.17. The average Bonchev–Trinajstić information content (AvgIpc) is 3.16. The Labute approximate surface area is 188 Å². The molecule has 0 aliphatic rings. The van der Waals surface area contributed by atoms with Crippen LogP contribution in [0.25, 0.3) is 23.2 Å². The van der Waals surface area contributed by atoms with Crippen LogP contribution in [-0.2, 0) is 0 Å². The van der Waals surface area contributed by atoms with Gasteiger partial charge in [-0.3, -0.25) is 0 Å². The summed E-state index contributed by atoms with van der Waals surface area (Å²) in [4.78, 5) is 9.41. The van der Waals surface area contributed by atoms with Crippen molar-refractivity contribution >= 4 is 81.2 Å². The van der Waals surface area contributed by atoms with Crippen molar-refractivity contribution in [3.05, 3.63) is 63.5 Å². The SMILES string of the molecule is CSc1nnc(Sc2nc3cc(Cl)c(Cl)cc3nc2/C=C/c2ccc(F)cc2)s1. The van der Waals surface area contributed by atoms with Crippen LogP contribution in [0.5, 0.6) is 0 Å². The molecule has 0 amide bonds. The van der Waals surface area contributed by atoms with Crippen LogP contribution < -0.4 is 0 Å². The van der Waals surface area contributed by atoms with Crippen LogP contribution in [0.15, 0.2) is 50.1 Å². The third kappa shape index (κ3) is 4.90. The summed E-state index contributed by atoms with van der Waals surface area (Å²) in [6, 6.07) is 9.59. The third-order valence-corrected chi connectivity index (χ3v) is 7.42. The Hall–Kier alpha value is -1.71. The second-order valence-corrected chi connectivity index (χ2v) is 9.78. The molecule has 146 valence electrons. The molecule has 0 N–H and O–H groups in total. The van der Waals surface area contributed by atoms with Gasteiger partial charge in [-0.2, -0.15) is 0 Å². The molecule has 29 heavy (non-hydrogen) atoms. The van der Waals surface area contributed by atoms with Gasteiger partial charge in [0.1, 0.15) is 10.8 Å². The van der Waals surface area contributed by atoms with Crippen molar-refractivity contribution < 1.29 is 4.39 Å². The molecule has 0 atom stereocenters. The van der Waals surface area contributed by atoms with E-state index in [0.29, 0.717) is 31.8 Å². The second-order valence-electron chi connectivity index (χ2n) is 5.69. The predicted octanol–water partition coefficient (Wildman–Crippen LogP) is 6.97. The fourth-order valence-electron chi connectivity index (χ4n) is 2.39. The number of fused-ring (bicyclic) bond motifs is 1. The van der Waals surface area contributed by atoms with E-state index in [1.165, 1.54) is 47.0 Å². The van der Waals surface area contributed by atoms with Crippen LogP contribution in [0, 0.1) is 5.82 Å². The number of thioether (sulfide) groups is 1. The van der Waals surface area contributed by atoms with E-state index in [0.717, 1.165) is 14.2 Å². The molecule has 0 bridgehead atoms. The second kappa shape index (κ2) is 8.97. The minimum absolute atomic E-state index is 0.281. The van der Waals surface area contributed by atoms with Gasteiger partial charge in [0.05, 0.1) is 26.8 Å². The quantitative estimate of drug-likeness (QED) is 0.287. The van der Waals surface area contributed by atoms with Gasteiger partial charge in [-0.05, 0) is 53.9 Å². The van der Waals surface area contributed by atoms with Crippen LogP contribution >= 0.6 is 58.1 Å². The molecule has 0 saturated heterocycles. The molecule has 4 aromatic rings. The van der Waals surface area contributed by atoms with Gasteiger partial charge in [-0.25, -0.2) is 14.4 Å². The zero-order chi connectivity index (χ0) is 20.4. The van der Waals surface area contributed by atoms with Gasteiger partial charge < -0.3 is 0 Å². The summed E-state index contributed by atoms with van der Waals surface area (Å²) in [5.41, 5.74) is 2.75. The van der Waals surface area contributed by atoms with Crippen LogP contribution in [-0.4, -0.2) is 26.4 Å². The lowest BCUT2D eigenvalue weighted by molar-refractivity contribution is 0.628. The Balaban J connectivity index is 1.77. The Morgan fingerprint density at radius 1 is 0.931 bits per heavy atom. The van der Waals surface area contributed by atoms with Crippen molar-refractivity contribution in [2.24, 2.45) is 0 Å². The van der Waals surface area contributed by atoms with Crippen LogP contribution in [0.3, 0.4) is 0 Å². The molecular weight excluding hydrogens is 470 g/mol. The highest BCUT2D eigenvalue weighted by Gasteiger charge is 2.14. The highest BCUT2D eigenvalue weighted by Crippen LogP contribution is 2.35. The van der Waals surface area contributed by atoms with E-state index in [-0.39, 0.29) is 5.82 Å². The minimum atomic E-state index is -0.281. The smallest absolute Gasteiger partial charge is 0.181 e. The number of nitrogens with zero attached hydrogens (tertiary/aromatic N) is 4. The fourth-order valence-corrected chi connectivity index (χ4v) is 5.11. The van der Waals surface area contributed by atoms with Gasteiger partial charge in [0.25, 0.3) is 0 Å². The molecule has 4 rings (SSSR count). The Bertz CT molecular complexity index is 1210. The Morgan fingerprint density at radius 3 is 2.24 bits per heavy atom. The van der Waals surface area contributed by atoms with E-state index >= 15 is 0 Å². The number of benzene rings is 2. The third-order valence-electron chi connectivity index (χ3n) is 3.75. The molecule has 4 nitrogen and oxygen atoms in total. The first-order chi connectivity index (χ1) is 14.0. The van der Waals surface area contributed by atoms with Crippen LogP contribution in [0.1, 0.15) is 11.3 Å². The number of rotatable bonds is 5. The lowest BCUT2D eigenvalue weighted by atomic mass is 10.2. The number of hydrogen-bond donors (Lipinski definition) is 0. The highest BCUT2D eigenvalue weighted by atomic mass is 35.5. The summed E-state index contributed by atoms with van der Waals surface area (Å²) in [6.45, 7) is 0. The van der Waals surface area contributed by atoms with Crippen LogP contribution in [0.2, 0.25) is 10.0 Å². The number of aromatic nitrogens is 4. The molecule has 0 radical (unpaired) electrons. The summed E-state index contributed by atoms with van der Waals surface area (Å²) >= 11 is 16.7. The van der Waals surface area contributed by atoms with E-state index in [4.69, 9.17) is 33.2 Å². The molecule has 2 aromatic carbocycles. The molecule has 2 aromatic heterocycles. The predicted molar refractivity (Wildman–Crippen MR) is 121 cm³/mol. The van der Waals surface area contributed by atoms with Crippen molar-refractivity contribution in [3.63, 3.8) is 0 Å². The lowest BCUT2D eigenvalue weighted by Crippen LogP contribution is -1.93. The Morgan fingerprint density at radius 2 is 1.59 bits per heavy atom. The van der Waals surface area contributed by atoms with Gasteiger partial charge in [-0.1, -0.05) is 64.5 Å². The maximum absolute atomic E-state index is 13.1. The Kier molecular flexibility index (Phi) is 6.36. The molecular formula is C19H11Cl2FN4S3. The molecule has 0 saturated carbocycles. The van der Waals surface area contributed by atoms with Gasteiger partial charge in [-0.15, -0.1) is 10.2 Å². The van der Waals surface area contributed by atoms with Crippen LogP contribution in [0.4, 0.5) is 4.39 Å². The molecule has 0 fully saturated rings. The normalized spacial score (nSPS) is 11.6. The average molecular weight is 481 g/mol. The summed E-state index contributed by atoms with van der Waals surface area (Å²) in [5, 5.41) is 9.81. The topological polar surface area (TPSA) is 51.6 Å². The summed E-state index contributed by atoms with van der Waals surface area (Å²) in [5.74, 6) is -0.281. The van der Waals surface area contributed by atoms with E-state index in [9.17, 15) is 4.39 Å². The minimum Gasteiger partial charge on any atom is -0.244 e. The van der Waals surface area contributed by atoms with Crippen molar-refractivity contribution in [2.45, 2.75) is 13.7 Å². The molecule has 0 unspecified atom stereocenters.